The first-order valence-electron chi connectivity index (χ1n) is 6.47. The third-order valence-corrected chi connectivity index (χ3v) is 3.60. The van der Waals surface area contributed by atoms with Gasteiger partial charge in [0.1, 0.15) is 5.54 Å². The molecular weight excluding hydrogens is 266 g/mol. The average molecular weight is 283 g/mol. The molecule has 0 aliphatic carbocycles. The number of urea groups is 1. The maximum Gasteiger partial charge on any atom is 0.329 e. The van der Waals surface area contributed by atoms with E-state index in [-0.39, 0.29) is 26.0 Å². The molecular formula is C12H17N3O5. The zero-order chi connectivity index (χ0) is 14.6. The molecule has 0 spiro atoms. The first-order chi connectivity index (χ1) is 9.57. The fraction of sp³-hybridized carbons (Fsp3) is 0.750. The summed E-state index contributed by atoms with van der Waals surface area (Å²) in [5.74, 6) is -1.06. The SMILES string of the molecule is N#CC1CN(C(=O)NC2(C(=O)O)CCOCC2)CCO1. The summed E-state index contributed by atoms with van der Waals surface area (Å²) in [6.45, 7) is 1.37. The molecule has 110 valence electrons. The molecule has 2 amide bonds. The summed E-state index contributed by atoms with van der Waals surface area (Å²) in [7, 11) is 0. The Kier molecular flexibility index (Phi) is 4.42. The fourth-order valence-electron chi connectivity index (χ4n) is 2.31. The molecule has 8 heteroatoms. The Morgan fingerprint density at radius 1 is 1.35 bits per heavy atom. The van der Waals surface area contributed by atoms with Crippen LogP contribution in [0.4, 0.5) is 4.79 Å². The maximum atomic E-state index is 12.2. The molecule has 0 aromatic carbocycles. The lowest BCUT2D eigenvalue weighted by atomic mass is 9.90. The minimum Gasteiger partial charge on any atom is -0.480 e. The molecule has 20 heavy (non-hydrogen) atoms. The van der Waals surface area contributed by atoms with Crippen molar-refractivity contribution in [3.05, 3.63) is 0 Å². The Bertz CT molecular complexity index is 427. The van der Waals surface area contributed by atoms with Gasteiger partial charge in [0.15, 0.2) is 6.10 Å². The van der Waals surface area contributed by atoms with Gasteiger partial charge in [-0.2, -0.15) is 5.26 Å². The Hall–Kier alpha value is -1.85. The lowest BCUT2D eigenvalue weighted by Crippen LogP contribution is -2.61. The molecule has 1 unspecified atom stereocenters. The Morgan fingerprint density at radius 2 is 2.05 bits per heavy atom. The molecule has 1 atom stereocenters. The van der Waals surface area contributed by atoms with Gasteiger partial charge < -0.3 is 24.8 Å². The fourth-order valence-corrected chi connectivity index (χ4v) is 2.31. The average Bonchev–Trinajstić information content (AvgIpc) is 2.48. The number of amides is 2. The van der Waals surface area contributed by atoms with Gasteiger partial charge in [-0.15, -0.1) is 0 Å². The van der Waals surface area contributed by atoms with Gasteiger partial charge in [-0.3, -0.25) is 0 Å². The topological polar surface area (TPSA) is 112 Å². The molecule has 2 rings (SSSR count). The highest BCUT2D eigenvalue weighted by atomic mass is 16.5. The van der Waals surface area contributed by atoms with Gasteiger partial charge in [0, 0.05) is 32.6 Å². The molecule has 2 heterocycles. The van der Waals surface area contributed by atoms with Crippen LogP contribution in [0.2, 0.25) is 0 Å². The first-order valence-corrected chi connectivity index (χ1v) is 6.47. The van der Waals surface area contributed by atoms with Gasteiger partial charge >= 0.3 is 12.0 Å². The zero-order valence-corrected chi connectivity index (χ0v) is 11.0. The van der Waals surface area contributed by atoms with Crippen LogP contribution in [0.25, 0.3) is 0 Å². The van der Waals surface area contributed by atoms with Crippen molar-refractivity contribution in [1.82, 2.24) is 10.2 Å². The summed E-state index contributed by atoms with van der Waals surface area (Å²) in [6.07, 6.45) is -0.190. The number of nitrogens with one attached hydrogen (secondary N) is 1. The van der Waals surface area contributed by atoms with Crippen LogP contribution in [0.5, 0.6) is 0 Å². The third kappa shape index (κ3) is 3.00. The number of nitriles is 1. The number of rotatable bonds is 2. The molecule has 2 N–H and O–H groups in total. The van der Waals surface area contributed by atoms with Gasteiger partial charge in [-0.1, -0.05) is 0 Å². The summed E-state index contributed by atoms with van der Waals surface area (Å²) in [6, 6.07) is 1.47. The molecule has 2 aliphatic rings. The number of carboxylic acid groups (broad SMARTS) is 1. The maximum absolute atomic E-state index is 12.2. The first kappa shape index (κ1) is 14.6. The van der Waals surface area contributed by atoms with Crippen molar-refractivity contribution in [3.8, 4) is 6.07 Å². The van der Waals surface area contributed by atoms with Gasteiger partial charge in [0.25, 0.3) is 0 Å². The number of aliphatic carboxylic acids is 1. The van der Waals surface area contributed by atoms with E-state index >= 15 is 0 Å². The molecule has 0 aromatic heterocycles. The van der Waals surface area contributed by atoms with Crippen molar-refractivity contribution < 1.29 is 24.2 Å². The molecule has 2 saturated heterocycles. The Balaban J connectivity index is 2.01. The van der Waals surface area contributed by atoms with E-state index in [9.17, 15) is 14.7 Å². The van der Waals surface area contributed by atoms with Crippen LogP contribution in [0.15, 0.2) is 0 Å². The summed E-state index contributed by atoms with van der Waals surface area (Å²) in [5.41, 5.74) is -1.28. The van der Waals surface area contributed by atoms with Crippen LogP contribution >= 0.6 is 0 Å². The van der Waals surface area contributed by atoms with Gasteiger partial charge in [-0.25, -0.2) is 9.59 Å². The highest BCUT2D eigenvalue weighted by Gasteiger charge is 2.42. The second-order valence-electron chi connectivity index (χ2n) is 4.86. The van der Waals surface area contributed by atoms with Gasteiger partial charge in [-0.05, 0) is 0 Å². The van der Waals surface area contributed by atoms with Crippen molar-refractivity contribution in [2.24, 2.45) is 0 Å². The monoisotopic (exact) mass is 283 g/mol. The molecule has 0 aromatic rings. The predicted octanol–water partition coefficient (Wildman–Crippen LogP) is -0.446. The quantitative estimate of drug-likeness (QED) is 0.710. The predicted molar refractivity (Wildman–Crippen MR) is 65.9 cm³/mol. The number of hydrogen-bond donors (Lipinski definition) is 2. The van der Waals surface area contributed by atoms with E-state index in [4.69, 9.17) is 14.7 Å². The van der Waals surface area contributed by atoms with Crippen LogP contribution in [0.3, 0.4) is 0 Å². The Morgan fingerprint density at radius 3 is 2.65 bits per heavy atom. The molecule has 8 nitrogen and oxygen atoms in total. The van der Waals surface area contributed by atoms with E-state index in [1.807, 2.05) is 6.07 Å². The van der Waals surface area contributed by atoms with Crippen molar-refractivity contribution >= 4 is 12.0 Å². The van der Waals surface area contributed by atoms with Crippen molar-refractivity contribution in [2.75, 3.05) is 32.9 Å². The van der Waals surface area contributed by atoms with Crippen molar-refractivity contribution in [2.45, 2.75) is 24.5 Å². The number of carbonyl (C=O) groups is 2. The number of nitrogens with zero attached hydrogens (tertiary/aromatic N) is 2. The Labute approximate surface area is 116 Å². The van der Waals surface area contributed by atoms with E-state index in [0.717, 1.165) is 0 Å². The van der Waals surface area contributed by atoms with E-state index in [1.165, 1.54) is 4.90 Å². The van der Waals surface area contributed by atoms with Crippen molar-refractivity contribution in [1.29, 1.82) is 5.26 Å². The van der Waals surface area contributed by atoms with Crippen molar-refractivity contribution in [3.63, 3.8) is 0 Å². The smallest absolute Gasteiger partial charge is 0.329 e. The van der Waals surface area contributed by atoms with Crippen LogP contribution in [-0.4, -0.2) is 66.6 Å². The van der Waals surface area contributed by atoms with E-state index in [2.05, 4.69) is 5.32 Å². The summed E-state index contributed by atoms with van der Waals surface area (Å²) < 4.78 is 10.3. The molecule has 0 saturated carbocycles. The molecule has 0 bridgehead atoms. The van der Waals surface area contributed by atoms with Gasteiger partial charge in [0.2, 0.25) is 0 Å². The van der Waals surface area contributed by atoms with Gasteiger partial charge in [0.05, 0.1) is 19.2 Å². The highest BCUT2D eigenvalue weighted by Crippen LogP contribution is 2.21. The van der Waals surface area contributed by atoms with E-state index in [1.54, 1.807) is 0 Å². The summed E-state index contributed by atoms with van der Waals surface area (Å²) in [5, 5.41) is 20.8. The van der Waals surface area contributed by atoms with Crippen LogP contribution in [0, 0.1) is 11.3 Å². The molecule has 2 aliphatic heterocycles. The van der Waals surface area contributed by atoms with Crippen LogP contribution in [0.1, 0.15) is 12.8 Å². The van der Waals surface area contributed by atoms with E-state index < -0.39 is 23.6 Å². The minimum absolute atomic E-state index is 0.147. The molecule has 0 radical (unpaired) electrons. The summed E-state index contributed by atoms with van der Waals surface area (Å²) >= 11 is 0. The second-order valence-corrected chi connectivity index (χ2v) is 4.86. The normalized spacial score (nSPS) is 25.6. The number of carbonyl (C=O) groups excluding carboxylic acids is 1. The minimum atomic E-state index is -1.28. The molecule has 2 fully saturated rings. The lowest BCUT2D eigenvalue weighted by molar-refractivity contribution is -0.148. The number of carboxylic acids is 1. The highest BCUT2D eigenvalue weighted by molar-refractivity contribution is 5.86. The number of hydrogen-bond acceptors (Lipinski definition) is 5. The summed E-state index contributed by atoms with van der Waals surface area (Å²) in [4.78, 5) is 25.0. The van der Waals surface area contributed by atoms with Crippen LogP contribution in [-0.2, 0) is 14.3 Å². The second kappa shape index (κ2) is 6.07. The standard InChI is InChI=1S/C12H17N3O5/c13-7-9-8-15(3-6-20-9)11(18)14-12(10(16)17)1-4-19-5-2-12/h9H,1-6,8H2,(H,14,18)(H,16,17). The number of ether oxygens (including phenoxy) is 2. The third-order valence-electron chi connectivity index (χ3n) is 3.60. The van der Waals surface area contributed by atoms with Crippen LogP contribution < -0.4 is 5.32 Å². The lowest BCUT2D eigenvalue weighted by Gasteiger charge is -2.37. The largest absolute Gasteiger partial charge is 0.480 e. The number of morpholine rings is 1. The van der Waals surface area contributed by atoms with E-state index in [0.29, 0.717) is 19.8 Å². The zero-order valence-electron chi connectivity index (χ0n) is 11.0.